The van der Waals surface area contributed by atoms with Gasteiger partial charge in [-0.15, -0.1) is 10.1 Å². The van der Waals surface area contributed by atoms with Crippen LogP contribution >= 0.6 is 11.6 Å². The van der Waals surface area contributed by atoms with E-state index in [1.807, 2.05) is 0 Å². The lowest BCUT2D eigenvalue weighted by atomic mass is 10.4. The number of aromatic nitrogens is 1. The molecule has 0 bridgehead atoms. The SMILES string of the molecule is O=[N+]([O-])OCc1ncccc1Cl. The predicted octanol–water partition coefficient (Wildman–Crippen LogP) is 1.44. The molecule has 0 unspecified atom stereocenters. The fraction of sp³-hybridized carbons (Fsp3) is 0.167. The fourth-order valence-corrected chi connectivity index (χ4v) is 0.815. The van der Waals surface area contributed by atoms with Gasteiger partial charge in [-0.25, -0.2) is 0 Å². The molecular weight excluding hydrogens is 184 g/mol. The topological polar surface area (TPSA) is 65.3 Å². The summed E-state index contributed by atoms with van der Waals surface area (Å²) in [5.74, 6) is 0. The molecule has 0 spiro atoms. The van der Waals surface area contributed by atoms with Crippen molar-refractivity contribution < 1.29 is 9.92 Å². The van der Waals surface area contributed by atoms with Crippen molar-refractivity contribution in [1.82, 2.24) is 4.98 Å². The van der Waals surface area contributed by atoms with Gasteiger partial charge in [0.05, 0.1) is 10.7 Å². The third-order valence-corrected chi connectivity index (χ3v) is 1.49. The molecule has 0 radical (unpaired) electrons. The van der Waals surface area contributed by atoms with Crippen molar-refractivity contribution in [3.8, 4) is 0 Å². The number of rotatable bonds is 3. The first-order chi connectivity index (χ1) is 5.70. The van der Waals surface area contributed by atoms with Crippen molar-refractivity contribution in [1.29, 1.82) is 0 Å². The molecule has 12 heavy (non-hydrogen) atoms. The maximum atomic E-state index is 9.80. The molecule has 0 N–H and O–H groups in total. The zero-order chi connectivity index (χ0) is 8.97. The second kappa shape index (κ2) is 3.87. The van der Waals surface area contributed by atoms with Crippen molar-refractivity contribution in [2.45, 2.75) is 6.61 Å². The molecule has 64 valence electrons. The first-order valence-corrected chi connectivity index (χ1v) is 3.44. The average molecular weight is 189 g/mol. The molecule has 1 rings (SSSR count). The third-order valence-electron chi connectivity index (χ3n) is 1.14. The van der Waals surface area contributed by atoms with Crippen LogP contribution in [0.5, 0.6) is 0 Å². The molecule has 0 aromatic carbocycles. The van der Waals surface area contributed by atoms with E-state index < -0.39 is 5.09 Å². The van der Waals surface area contributed by atoms with Crippen LogP contribution in [0.4, 0.5) is 0 Å². The summed E-state index contributed by atoms with van der Waals surface area (Å²) in [5, 5.41) is 9.27. The molecule has 0 amide bonds. The Morgan fingerprint density at radius 2 is 2.50 bits per heavy atom. The Morgan fingerprint density at radius 1 is 1.75 bits per heavy atom. The standard InChI is InChI=1S/C6H5ClN2O3/c7-5-2-1-3-8-6(5)4-12-9(10)11/h1-3H,4H2. The normalized spacial score (nSPS) is 9.42. The zero-order valence-corrected chi connectivity index (χ0v) is 6.69. The van der Waals surface area contributed by atoms with Gasteiger partial charge in [0.2, 0.25) is 0 Å². The molecule has 0 aliphatic rings. The summed E-state index contributed by atoms with van der Waals surface area (Å²) in [5.41, 5.74) is 0.357. The largest absolute Gasteiger partial charge is 0.307 e. The summed E-state index contributed by atoms with van der Waals surface area (Å²) in [6.07, 6.45) is 1.49. The number of hydrogen-bond donors (Lipinski definition) is 0. The Bertz CT molecular complexity index is 292. The fourth-order valence-electron chi connectivity index (χ4n) is 0.638. The van der Waals surface area contributed by atoms with Crippen molar-refractivity contribution in [2.24, 2.45) is 0 Å². The molecule has 0 aliphatic carbocycles. The molecule has 5 nitrogen and oxygen atoms in total. The maximum Gasteiger partial charge on any atom is 0.294 e. The van der Waals surface area contributed by atoms with E-state index in [2.05, 4.69) is 9.82 Å². The Hall–Kier alpha value is -1.36. The van der Waals surface area contributed by atoms with Gasteiger partial charge in [0.15, 0.2) is 0 Å². The smallest absolute Gasteiger partial charge is 0.294 e. The summed E-state index contributed by atoms with van der Waals surface area (Å²) >= 11 is 5.64. The van der Waals surface area contributed by atoms with Crippen LogP contribution in [0.2, 0.25) is 5.02 Å². The Balaban J connectivity index is 2.63. The van der Waals surface area contributed by atoms with Gasteiger partial charge >= 0.3 is 0 Å². The van der Waals surface area contributed by atoms with Crippen LogP contribution in [0.1, 0.15) is 5.69 Å². The highest BCUT2D eigenvalue weighted by molar-refractivity contribution is 6.31. The maximum absolute atomic E-state index is 9.80. The van der Waals surface area contributed by atoms with Crippen LogP contribution in [0, 0.1) is 10.1 Å². The van der Waals surface area contributed by atoms with Crippen LogP contribution in [-0.4, -0.2) is 10.1 Å². The molecule has 0 saturated carbocycles. The Morgan fingerprint density at radius 3 is 3.08 bits per heavy atom. The lowest BCUT2D eigenvalue weighted by molar-refractivity contribution is -0.763. The monoisotopic (exact) mass is 188 g/mol. The van der Waals surface area contributed by atoms with E-state index in [0.717, 1.165) is 0 Å². The van der Waals surface area contributed by atoms with E-state index in [1.165, 1.54) is 6.20 Å². The predicted molar refractivity (Wildman–Crippen MR) is 41.0 cm³/mol. The van der Waals surface area contributed by atoms with Gasteiger partial charge < -0.3 is 4.84 Å². The zero-order valence-electron chi connectivity index (χ0n) is 5.94. The van der Waals surface area contributed by atoms with Gasteiger partial charge in [0.1, 0.15) is 6.61 Å². The molecule has 0 atom stereocenters. The van der Waals surface area contributed by atoms with Crippen LogP contribution < -0.4 is 0 Å². The molecule has 0 saturated heterocycles. The number of hydrogen-bond acceptors (Lipinski definition) is 4. The van der Waals surface area contributed by atoms with Crippen molar-refractivity contribution in [3.05, 3.63) is 39.2 Å². The molecule has 1 aromatic rings. The van der Waals surface area contributed by atoms with Crippen molar-refractivity contribution >= 4 is 11.6 Å². The van der Waals surface area contributed by atoms with Gasteiger partial charge in [-0.05, 0) is 12.1 Å². The Labute approximate surface area is 73.0 Å². The molecule has 0 aliphatic heterocycles. The summed E-state index contributed by atoms with van der Waals surface area (Å²) < 4.78 is 0. The quantitative estimate of drug-likeness (QED) is 0.532. The number of halogens is 1. The average Bonchev–Trinajstić information content (AvgIpc) is 2.03. The van der Waals surface area contributed by atoms with Gasteiger partial charge in [0.25, 0.3) is 5.09 Å². The van der Waals surface area contributed by atoms with Gasteiger partial charge in [-0.2, -0.15) is 0 Å². The van der Waals surface area contributed by atoms with Crippen LogP contribution in [0.15, 0.2) is 18.3 Å². The van der Waals surface area contributed by atoms with E-state index >= 15 is 0 Å². The Kier molecular flexibility index (Phi) is 2.82. The van der Waals surface area contributed by atoms with Gasteiger partial charge in [-0.3, -0.25) is 4.98 Å². The molecule has 1 aromatic heterocycles. The summed E-state index contributed by atoms with van der Waals surface area (Å²) in [6.45, 7) is -0.216. The summed E-state index contributed by atoms with van der Waals surface area (Å²) in [7, 11) is 0. The molecule has 6 heteroatoms. The van der Waals surface area contributed by atoms with E-state index in [4.69, 9.17) is 11.6 Å². The summed E-state index contributed by atoms with van der Waals surface area (Å²) in [6, 6.07) is 3.23. The number of nitrogens with zero attached hydrogens (tertiary/aromatic N) is 2. The van der Waals surface area contributed by atoms with Gasteiger partial charge in [0, 0.05) is 6.20 Å². The van der Waals surface area contributed by atoms with Crippen molar-refractivity contribution in [3.63, 3.8) is 0 Å². The first kappa shape index (κ1) is 8.73. The number of pyridine rings is 1. The van der Waals surface area contributed by atoms with Crippen LogP contribution in [0.25, 0.3) is 0 Å². The molecular formula is C6H5ClN2O3. The second-order valence-corrected chi connectivity index (χ2v) is 2.34. The minimum Gasteiger partial charge on any atom is -0.307 e. The molecule has 0 fully saturated rings. The lowest BCUT2D eigenvalue weighted by Crippen LogP contribution is -2.02. The van der Waals surface area contributed by atoms with Gasteiger partial charge in [-0.1, -0.05) is 11.6 Å². The highest BCUT2D eigenvalue weighted by atomic mass is 35.5. The van der Waals surface area contributed by atoms with Crippen LogP contribution in [-0.2, 0) is 11.4 Å². The van der Waals surface area contributed by atoms with Crippen molar-refractivity contribution in [2.75, 3.05) is 0 Å². The minimum absolute atomic E-state index is 0.216. The summed E-state index contributed by atoms with van der Waals surface area (Å²) in [4.78, 5) is 17.7. The highest BCUT2D eigenvalue weighted by Gasteiger charge is 2.02. The van der Waals surface area contributed by atoms with E-state index in [-0.39, 0.29) is 6.61 Å². The van der Waals surface area contributed by atoms with E-state index in [0.29, 0.717) is 10.7 Å². The van der Waals surface area contributed by atoms with Crippen LogP contribution in [0.3, 0.4) is 0 Å². The first-order valence-electron chi connectivity index (χ1n) is 3.07. The highest BCUT2D eigenvalue weighted by Crippen LogP contribution is 2.12. The van der Waals surface area contributed by atoms with E-state index in [9.17, 15) is 10.1 Å². The third kappa shape index (κ3) is 2.35. The van der Waals surface area contributed by atoms with E-state index in [1.54, 1.807) is 12.1 Å². The lowest BCUT2D eigenvalue weighted by Gasteiger charge is -1.99. The second-order valence-electron chi connectivity index (χ2n) is 1.93. The minimum atomic E-state index is -0.884. The molecule has 1 heterocycles.